The lowest BCUT2D eigenvalue weighted by molar-refractivity contribution is -0.153. The molecule has 2 aromatic rings. The molecule has 0 saturated carbocycles. The van der Waals surface area contributed by atoms with Gasteiger partial charge in [0.15, 0.2) is 17.7 Å². The average Bonchev–Trinajstić information content (AvgIpc) is 2.72. The minimum Gasteiger partial charge on any atom is -0.453 e. The Hall–Kier alpha value is -2.93. The van der Waals surface area contributed by atoms with Gasteiger partial charge in [0.05, 0.1) is 6.42 Å². The fourth-order valence-corrected chi connectivity index (χ4v) is 2.91. The minimum atomic E-state index is -1.03. The van der Waals surface area contributed by atoms with Crippen LogP contribution in [-0.2, 0) is 14.3 Å². The van der Waals surface area contributed by atoms with E-state index in [4.69, 9.17) is 4.74 Å². The van der Waals surface area contributed by atoms with E-state index in [-0.39, 0.29) is 24.4 Å². The summed E-state index contributed by atoms with van der Waals surface area (Å²) in [5.74, 6) is -1.42. The van der Waals surface area contributed by atoms with Crippen LogP contribution >= 0.6 is 11.8 Å². The molecule has 7 heteroatoms. The largest absolute Gasteiger partial charge is 0.453 e. The van der Waals surface area contributed by atoms with E-state index >= 15 is 0 Å². The number of thioether (sulfide) groups is 1. The molecule has 0 aliphatic rings. The lowest BCUT2D eigenvalue weighted by atomic mass is 10.1. The third-order valence-corrected chi connectivity index (χ3v) is 4.93. The molecule has 29 heavy (non-hydrogen) atoms. The van der Waals surface area contributed by atoms with Gasteiger partial charge >= 0.3 is 5.97 Å². The molecule has 0 aliphatic carbocycles. The molecule has 1 amide bonds. The molecule has 0 radical (unpaired) electrons. The highest BCUT2D eigenvalue weighted by atomic mass is 32.2. The van der Waals surface area contributed by atoms with Crippen molar-refractivity contribution in [1.82, 2.24) is 0 Å². The summed E-state index contributed by atoms with van der Waals surface area (Å²) in [5.41, 5.74) is 1.44. The summed E-state index contributed by atoms with van der Waals surface area (Å²) in [6.07, 6.45) is 0.816. The second-order valence-electron chi connectivity index (χ2n) is 6.41. The number of Topliss-reactive ketones (excluding diaryl/α,β-unsaturated/α-hetero) is 2. The molecule has 1 N–H and O–H groups in total. The van der Waals surface area contributed by atoms with Crippen molar-refractivity contribution in [2.45, 2.75) is 37.7 Å². The van der Waals surface area contributed by atoms with Crippen LogP contribution in [0.4, 0.5) is 5.69 Å². The maximum atomic E-state index is 12.2. The zero-order valence-corrected chi connectivity index (χ0v) is 17.4. The average molecular weight is 413 g/mol. The van der Waals surface area contributed by atoms with Gasteiger partial charge in [0.25, 0.3) is 5.91 Å². The van der Waals surface area contributed by atoms with Crippen molar-refractivity contribution >= 4 is 40.9 Å². The molecule has 0 spiro atoms. The summed E-state index contributed by atoms with van der Waals surface area (Å²) in [4.78, 5) is 48.8. The summed E-state index contributed by atoms with van der Waals surface area (Å²) in [5, 5.41) is 2.61. The molecule has 2 aromatic carbocycles. The zero-order chi connectivity index (χ0) is 21.4. The molecular formula is C22H23NO5S. The third kappa shape index (κ3) is 6.87. The van der Waals surface area contributed by atoms with Crippen LogP contribution in [0.25, 0.3) is 0 Å². The van der Waals surface area contributed by atoms with Crippen LogP contribution in [0.3, 0.4) is 0 Å². The molecule has 0 heterocycles. The van der Waals surface area contributed by atoms with Gasteiger partial charge in [-0.25, -0.2) is 0 Å². The standard InChI is InChI=1S/C22H23NO5S/c1-14(24)17-5-4-6-18(13-17)23-22(27)15(2)28-21(26)12-11-20(25)16-7-9-19(29-3)10-8-16/h4-10,13,15H,11-12H2,1-3H3,(H,23,27). The zero-order valence-electron chi connectivity index (χ0n) is 16.6. The number of hydrogen-bond acceptors (Lipinski definition) is 6. The number of amides is 1. The monoisotopic (exact) mass is 413 g/mol. The quantitative estimate of drug-likeness (QED) is 0.377. The van der Waals surface area contributed by atoms with Gasteiger partial charge in [0, 0.05) is 28.1 Å². The van der Waals surface area contributed by atoms with Crippen molar-refractivity contribution in [1.29, 1.82) is 0 Å². The first-order valence-electron chi connectivity index (χ1n) is 9.08. The number of ether oxygens (including phenoxy) is 1. The fourth-order valence-electron chi connectivity index (χ4n) is 2.51. The second kappa shape index (κ2) is 10.6. The van der Waals surface area contributed by atoms with Crippen molar-refractivity contribution in [3.63, 3.8) is 0 Å². The third-order valence-electron chi connectivity index (χ3n) is 4.18. The van der Waals surface area contributed by atoms with Gasteiger partial charge < -0.3 is 10.1 Å². The van der Waals surface area contributed by atoms with Crippen molar-refractivity contribution in [3.05, 3.63) is 59.7 Å². The van der Waals surface area contributed by atoms with E-state index in [2.05, 4.69) is 5.32 Å². The number of hydrogen-bond donors (Lipinski definition) is 1. The SMILES string of the molecule is CSc1ccc(C(=O)CCC(=O)OC(C)C(=O)Nc2cccc(C(C)=O)c2)cc1. The Balaban J connectivity index is 1.83. The predicted octanol–water partition coefficient (Wildman–Crippen LogP) is 4.14. The molecule has 2 rings (SSSR count). The van der Waals surface area contributed by atoms with Gasteiger partial charge in [0.2, 0.25) is 0 Å². The Labute approximate surface area is 174 Å². The normalized spacial score (nSPS) is 11.4. The van der Waals surface area contributed by atoms with Crippen molar-refractivity contribution in [2.24, 2.45) is 0 Å². The molecule has 0 aromatic heterocycles. The molecule has 0 bridgehead atoms. The smallest absolute Gasteiger partial charge is 0.307 e. The highest BCUT2D eigenvalue weighted by Gasteiger charge is 2.19. The minimum absolute atomic E-state index is 0.00639. The Morgan fingerprint density at radius 2 is 1.69 bits per heavy atom. The van der Waals surface area contributed by atoms with E-state index in [1.807, 2.05) is 18.4 Å². The number of nitrogens with one attached hydrogen (secondary N) is 1. The topological polar surface area (TPSA) is 89.5 Å². The van der Waals surface area contributed by atoms with Crippen molar-refractivity contribution in [3.8, 4) is 0 Å². The summed E-state index contributed by atoms with van der Waals surface area (Å²) < 4.78 is 5.11. The molecule has 152 valence electrons. The number of anilines is 1. The van der Waals surface area contributed by atoms with Crippen LogP contribution in [0, 0.1) is 0 Å². The number of benzene rings is 2. The van der Waals surface area contributed by atoms with E-state index in [1.54, 1.807) is 48.2 Å². The molecule has 0 aliphatic heterocycles. The van der Waals surface area contributed by atoms with Gasteiger partial charge in [-0.3, -0.25) is 19.2 Å². The van der Waals surface area contributed by atoms with Crippen LogP contribution in [-0.4, -0.2) is 35.8 Å². The van der Waals surface area contributed by atoms with E-state index in [0.717, 1.165) is 4.90 Å². The molecule has 6 nitrogen and oxygen atoms in total. The first kappa shape index (κ1) is 22.4. The Kier molecular flexibility index (Phi) is 8.15. The number of esters is 1. The van der Waals surface area contributed by atoms with Gasteiger partial charge in [-0.05, 0) is 44.4 Å². The van der Waals surface area contributed by atoms with E-state index in [0.29, 0.717) is 16.8 Å². The first-order valence-corrected chi connectivity index (χ1v) is 10.3. The van der Waals surface area contributed by atoms with Crippen LogP contribution in [0.1, 0.15) is 47.4 Å². The Morgan fingerprint density at radius 1 is 1.00 bits per heavy atom. The summed E-state index contributed by atoms with van der Waals surface area (Å²) in [7, 11) is 0. The second-order valence-corrected chi connectivity index (χ2v) is 7.29. The molecule has 0 saturated heterocycles. The number of carbonyl (C=O) groups is 4. The van der Waals surface area contributed by atoms with Crippen molar-refractivity contribution < 1.29 is 23.9 Å². The lowest BCUT2D eigenvalue weighted by Gasteiger charge is -2.14. The van der Waals surface area contributed by atoms with Crippen molar-refractivity contribution in [2.75, 3.05) is 11.6 Å². The van der Waals surface area contributed by atoms with Gasteiger partial charge in [0.1, 0.15) is 0 Å². The molecule has 1 unspecified atom stereocenters. The Morgan fingerprint density at radius 3 is 2.31 bits per heavy atom. The van der Waals surface area contributed by atoms with Crippen LogP contribution in [0.2, 0.25) is 0 Å². The van der Waals surface area contributed by atoms with Crippen LogP contribution in [0.5, 0.6) is 0 Å². The van der Waals surface area contributed by atoms with Gasteiger partial charge in [-0.1, -0.05) is 24.3 Å². The summed E-state index contributed by atoms with van der Waals surface area (Å²) >= 11 is 1.58. The van der Waals surface area contributed by atoms with Gasteiger partial charge in [-0.15, -0.1) is 11.8 Å². The molecule has 1 atom stereocenters. The van der Waals surface area contributed by atoms with Gasteiger partial charge in [-0.2, -0.15) is 0 Å². The highest BCUT2D eigenvalue weighted by Crippen LogP contribution is 2.16. The van der Waals surface area contributed by atoms with Crippen LogP contribution in [0.15, 0.2) is 53.4 Å². The molecule has 0 fully saturated rings. The number of ketones is 2. The Bertz CT molecular complexity index is 908. The summed E-state index contributed by atoms with van der Waals surface area (Å²) in [6, 6.07) is 13.6. The summed E-state index contributed by atoms with van der Waals surface area (Å²) in [6.45, 7) is 2.88. The highest BCUT2D eigenvalue weighted by molar-refractivity contribution is 7.98. The predicted molar refractivity (Wildman–Crippen MR) is 112 cm³/mol. The maximum absolute atomic E-state index is 12.2. The number of rotatable bonds is 9. The maximum Gasteiger partial charge on any atom is 0.307 e. The molecular weight excluding hydrogens is 390 g/mol. The van der Waals surface area contributed by atoms with E-state index < -0.39 is 18.0 Å². The van der Waals surface area contributed by atoms with E-state index in [1.165, 1.54) is 13.8 Å². The number of carbonyl (C=O) groups excluding carboxylic acids is 4. The first-order chi connectivity index (χ1) is 13.8. The lowest BCUT2D eigenvalue weighted by Crippen LogP contribution is -2.30. The van der Waals surface area contributed by atoms with Crippen LogP contribution < -0.4 is 5.32 Å². The fraction of sp³-hybridized carbons (Fsp3) is 0.273. The van der Waals surface area contributed by atoms with E-state index in [9.17, 15) is 19.2 Å².